The highest BCUT2D eigenvalue weighted by molar-refractivity contribution is 9.10. The van der Waals surface area contributed by atoms with Crippen LogP contribution in [0.1, 0.15) is 30.1 Å². The van der Waals surface area contributed by atoms with Gasteiger partial charge >= 0.3 is 0 Å². The van der Waals surface area contributed by atoms with Gasteiger partial charge in [-0.05, 0) is 47.3 Å². The van der Waals surface area contributed by atoms with E-state index in [2.05, 4.69) is 25.9 Å². The minimum Gasteiger partial charge on any atom is -0.446 e. The van der Waals surface area contributed by atoms with Gasteiger partial charge in [0.1, 0.15) is 0 Å². The molecule has 0 aromatic carbocycles. The molecule has 2 N–H and O–H groups in total. The van der Waals surface area contributed by atoms with Crippen LogP contribution in [0, 0.1) is 0 Å². The molecular weight excluding hydrogens is 282 g/mol. The van der Waals surface area contributed by atoms with Crippen molar-refractivity contribution in [1.82, 2.24) is 9.97 Å². The number of nitrogens with two attached hydrogens (primary N) is 1. The zero-order valence-corrected chi connectivity index (χ0v) is 10.8. The smallest absolute Gasteiger partial charge is 0.195 e. The average Bonchev–Trinajstić information content (AvgIpc) is 2.76. The van der Waals surface area contributed by atoms with Crippen molar-refractivity contribution in [2.75, 3.05) is 0 Å². The minimum absolute atomic E-state index is 0.0798. The molecule has 3 rings (SSSR count). The molecule has 2 heterocycles. The van der Waals surface area contributed by atoms with E-state index >= 15 is 0 Å². The van der Waals surface area contributed by atoms with Gasteiger partial charge in [0.15, 0.2) is 16.3 Å². The van der Waals surface area contributed by atoms with Crippen molar-refractivity contribution in [3.63, 3.8) is 0 Å². The summed E-state index contributed by atoms with van der Waals surface area (Å²) in [5.74, 6) is 1.31. The molecule has 0 fully saturated rings. The topological polar surface area (TPSA) is 64.9 Å². The first-order valence-corrected chi connectivity index (χ1v) is 6.40. The Hall–Kier alpha value is -1.20. The lowest BCUT2D eigenvalue weighted by molar-refractivity contribution is 0.541. The maximum atomic E-state index is 6.03. The molecule has 5 heteroatoms. The lowest BCUT2D eigenvalue weighted by Gasteiger charge is -2.20. The number of halogens is 1. The van der Waals surface area contributed by atoms with Crippen molar-refractivity contribution >= 4 is 15.9 Å². The number of aryl methyl sites for hydroxylation is 1. The second-order valence-corrected chi connectivity index (χ2v) is 4.98. The quantitative estimate of drug-likeness (QED) is 0.878. The third kappa shape index (κ3) is 2.00. The van der Waals surface area contributed by atoms with E-state index in [1.54, 1.807) is 0 Å². The zero-order valence-electron chi connectivity index (χ0n) is 9.19. The van der Waals surface area contributed by atoms with Crippen LogP contribution >= 0.6 is 15.9 Å². The minimum atomic E-state index is 0.0798. The highest BCUT2D eigenvalue weighted by Gasteiger charge is 2.19. The molecule has 2 aromatic heterocycles. The third-order valence-corrected chi connectivity index (χ3v) is 3.45. The Morgan fingerprint density at radius 3 is 3.06 bits per heavy atom. The van der Waals surface area contributed by atoms with Crippen LogP contribution in [0.4, 0.5) is 0 Å². The van der Waals surface area contributed by atoms with Crippen LogP contribution in [-0.2, 0) is 6.42 Å². The first kappa shape index (κ1) is 10.9. The van der Waals surface area contributed by atoms with Crippen LogP contribution in [-0.4, -0.2) is 9.97 Å². The maximum Gasteiger partial charge on any atom is 0.195 e. The summed E-state index contributed by atoms with van der Waals surface area (Å²) in [6, 6.07) is 3.77. The monoisotopic (exact) mass is 293 g/mol. The highest BCUT2D eigenvalue weighted by atomic mass is 79.9. The first-order valence-electron chi connectivity index (χ1n) is 5.61. The molecule has 0 bridgehead atoms. The van der Waals surface area contributed by atoms with Gasteiger partial charge < -0.3 is 10.2 Å². The van der Waals surface area contributed by atoms with Gasteiger partial charge in [0.25, 0.3) is 0 Å². The zero-order chi connectivity index (χ0) is 11.8. The Kier molecular flexibility index (Phi) is 2.72. The highest BCUT2D eigenvalue weighted by Crippen LogP contribution is 2.28. The molecule has 4 nitrogen and oxygen atoms in total. The predicted octanol–water partition coefficient (Wildman–Crippen LogP) is 2.84. The molecule has 0 amide bonds. The van der Waals surface area contributed by atoms with Crippen molar-refractivity contribution in [3.05, 3.63) is 34.3 Å². The van der Waals surface area contributed by atoms with Gasteiger partial charge in [-0.1, -0.05) is 0 Å². The van der Waals surface area contributed by atoms with Crippen molar-refractivity contribution in [2.24, 2.45) is 5.73 Å². The largest absolute Gasteiger partial charge is 0.446 e. The Balaban J connectivity index is 2.03. The number of nitrogens with zero attached hydrogens (tertiary/aromatic N) is 2. The second-order valence-electron chi connectivity index (χ2n) is 4.20. The fraction of sp³-hybridized carbons (Fsp3) is 0.333. The summed E-state index contributed by atoms with van der Waals surface area (Å²) in [6.07, 6.45) is 4.91. The van der Waals surface area contributed by atoms with E-state index < -0.39 is 0 Å². The van der Waals surface area contributed by atoms with Gasteiger partial charge in [0.2, 0.25) is 0 Å². The summed E-state index contributed by atoms with van der Waals surface area (Å²) in [4.78, 5) is 8.86. The van der Waals surface area contributed by atoms with Crippen LogP contribution < -0.4 is 5.73 Å². The van der Waals surface area contributed by atoms with E-state index in [0.717, 1.165) is 30.5 Å². The lowest BCUT2D eigenvalue weighted by Crippen LogP contribution is -2.19. The summed E-state index contributed by atoms with van der Waals surface area (Å²) in [5, 5.41) is 0. The second kappa shape index (κ2) is 4.23. The van der Waals surface area contributed by atoms with Crippen LogP contribution in [0.3, 0.4) is 0 Å². The summed E-state index contributed by atoms with van der Waals surface area (Å²) in [7, 11) is 0. The number of hydrogen-bond acceptors (Lipinski definition) is 4. The maximum absolute atomic E-state index is 6.03. The van der Waals surface area contributed by atoms with Crippen molar-refractivity contribution in [1.29, 1.82) is 0 Å². The van der Waals surface area contributed by atoms with Crippen molar-refractivity contribution in [2.45, 2.75) is 25.3 Å². The molecule has 1 unspecified atom stereocenters. The molecule has 1 aliphatic rings. The van der Waals surface area contributed by atoms with Gasteiger partial charge in [-0.15, -0.1) is 0 Å². The Morgan fingerprint density at radius 2 is 2.29 bits per heavy atom. The molecule has 88 valence electrons. The number of furan rings is 1. The van der Waals surface area contributed by atoms with E-state index in [1.807, 2.05) is 18.3 Å². The Bertz CT molecular complexity index is 552. The number of rotatable bonds is 1. The standard InChI is InChI=1S/C12H12BrN3O/c13-11-5-4-10(17-11)12-15-6-7-8(14)2-1-3-9(7)16-12/h4-6,8H,1-3,14H2. The van der Waals surface area contributed by atoms with Crippen molar-refractivity contribution in [3.8, 4) is 11.6 Å². The molecule has 0 radical (unpaired) electrons. The van der Waals surface area contributed by atoms with E-state index in [4.69, 9.17) is 10.2 Å². The molecule has 2 aromatic rings. The summed E-state index contributed by atoms with van der Waals surface area (Å²) in [6.45, 7) is 0. The van der Waals surface area contributed by atoms with Gasteiger partial charge in [-0.25, -0.2) is 9.97 Å². The molecule has 0 saturated heterocycles. The summed E-state index contributed by atoms with van der Waals surface area (Å²) < 4.78 is 6.13. The van der Waals surface area contributed by atoms with E-state index in [-0.39, 0.29) is 6.04 Å². The van der Waals surface area contributed by atoms with E-state index in [0.29, 0.717) is 16.3 Å². The molecule has 1 atom stereocenters. The van der Waals surface area contributed by atoms with Crippen LogP contribution in [0.25, 0.3) is 11.6 Å². The van der Waals surface area contributed by atoms with Crippen LogP contribution in [0.2, 0.25) is 0 Å². The first-order chi connectivity index (χ1) is 8.24. The van der Waals surface area contributed by atoms with Gasteiger partial charge in [-0.3, -0.25) is 0 Å². The molecule has 0 aliphatic heterocycles. The lowest BCUT2D eigenvalue weighted by atomic mass is 9.93. The Morgan fingerprint density at radius 1 is 1.41 bits per heavy atom. The van der Waals surface area contributed by atoms with Crippen LogP contribution in [0.15, 0.2) is 27.4 Å². The number of fused-ring (bicyclic) bond motifs is 1. The van der Waals surface area contributed by atoms with Crippen molar-refractivity contribution < 1.29 is 4.42 Å². The SMILES string of the molecule is NC1CCCc2nc(-c3ccc(Br)o3)ncc21. The average molecular weight is 294 g/mol. The third-order valence-electron chi connectivity index (χ3n) is 3.02. The fourth-order valence-corrected chi connectivity index (χ4v) is 2.44. The number of hydrogen-bond donors (Lipinski definition) is 1. The van der Waals surface area contributed by atoms with E-state index in [9.17, 15) is 0 Å². The van der Waals surface area contributed by atoms with Crippen LogP contribution in [0.5, 0.6) is 0 Å². The summed E-state index contributed by atoms with van der Waals surface area (Å²) >= 11 is 3.27. The normalized spacial score (nSPS) is 19.1. The molecule has 1 aliphatic carbocycles. The molecular formula is C12H12BrN3O. The summed E-state index contributed by atoms with van der Waals surface area (Å²) in [5.41, 5.74) is 8.16. The predicted molar refractivity (Wildman–Crippen MR) is 67.3 cm³/mol. The fourth-order valence-electron chi connectivity index (χ4n) is 2.13. The molecule has 17 heavy (non-hydrogen) atoms. The number of aromatic nitrogens is 2. The van der Waals surface area contributed by atoms with Gasteiger partial charge in [0, 0.05) is 23.5 Å². The van der Waals surface area contributed by atoms with Gasteiger partial charge in [0.05, 0.1) is 0 Å². The Labute approximate surface area is 107 Å². The van der Waals surface area contributed by atoms with Gasteiger partial charge in [-0.2, -0.15) is 0 Å². The molecule has 0 saturated carbocycles. The van der Waals surface area contributed by atoms with E-state index in [1.165, 1.54) is 0 Å². The molecule has 0 spiro atoms.